The number of hydrogen-bond donors (Lipinski definition) is 2. The van der Waals surface area contributed by atoms with Crippen LogP contribution in [0.15, 0.2) is 15.6 Å². The molecule has 0 saturated carbocycles. The SMILES string of the molecule is CO[C@@]1(NC(=O)CS(C)(=O)=O)C(=O)N2C(C(=O)O)=C(CSc3nnc(C)s3)CS[C@@H]21. The average molecular weight is 495 g/mol. The molecule has 30 heavy (non-hydrogen) atoms. The maximum absolute atomic E-state index is 12.9. The van der Waals surface area contributed by atoms with Gasteiger partial charge in [-0.2, -0.15) is 0 Å². The number of carboxylic acid groups (broad SMARTS) is 1. The van der Waals surface area contributed by atoms with Crippen molar-refractivity contribution in [1.82, 2.24) is 20.4 Å². The Hall–Kier alpha value is -1.68. The second-order valence-electron chi connectivity index (χ2n) is 6.53. The number of amides is 2. The number of nitrogens with zero attached hydrogens (tertiary/aromatic N) is 3. The van der Waals surface area contributed by atoms with E-state index in [9.17, 15) is 27.9 Å². The third kappa shape index (κ3) is 4.34. The number of carbonyl (C=O) groups excluding carboxylic acids is 2. The first-order chi connectivity index (χ1) is 14.0. The van der Waals surface area contributed by atoms with Gasteiger partial charge in [-0.15, -0.1) is 22.0 Å². The van der Waals surface area contributed by atoms with Crippen LogP contribution in [0.1, 0.15) is 5.01 Å². The van der Waals surface area contributed by atoms with Crippen LogP contribution in [0, 0.1) is 6.92 Å². The van der Waals surface area contributed by atoms with E-state index in [1.165, 1.54) is 42.0 Å². The Morgan fingerprint density at radius 1 is 1.43 bits per heavy atom. The third-order valence-electron chi connectivity index (χ3n) is 4.23. The van der Waals surface area contributed by atoms with Gasteiger partial charge in [-0.25, -0.2) is 13.2 Å². The van der Waals surface area contributed by atoms with E-state index < -0.39 is 44.5 Å². The number of aromatic nitrogens is 2. The molecule has 1 fully saturated rings. The van der Waals surface area contributed by atoms with Crippen LogP contribution in [0.4, 0.5) is 0 Å². The van der Waals surface area contributed by atoms with E-state index in [2.05, 4.69) is 15.5 Å². The van der Waals surface area contributed by atoms with Crippen molar-refractivity contribution in [2.24, 2.45) is 0 Å². The number of rotatable bonds is 8. The Morgan fingerprint density at radius 2 is 2.13 bits per heavy atom. The molecule has 0 radical (unpaired) electrons. The fourth-order valence-corrected chi connectivity index (χ4v) is 6.96. The first kappa shape index (κ1) is 23.0. The zero-order chi connectivity index (χ0) is 22.3. The monoisotopic (exact) mass is 494 g/mol. The van der Waals surface area contributed by atoms with Crippen LogP contribution in [0.2, 0.25) is 0 Å². The molecule has 0 unspecified atom stereocenters. The first-order valence-electron chi connectivity index (χ1n) is 8.36. The van der Waals surface area contributed by atoms with Crippen molar-refractivity contribution in [3.63, 3.8) is 0 Å². The standard InChI is InChI=1S/C15H18N4O7S4/c1-7-17-18-14(29-7)28-5-8-4-27-13-15(26-2,16-9(20)6-30(3,24)25)12(23)19(13)10(8)11(21)22/h13H,4-6H2,1-3H3,(H,16,20)(H,21,22)/t13-,15+/m1/s1. The molecule has 15 heteroatoms. The molecule has 11 nitrogen and oxygen atoms in total. The Bertz CT molecular complexity index is 1040. The van der Waals surface area contributed by atoms with Crippen molar-refractivity contribution in [2.75, 3.05) is 30.6 Å². The minimum atomic E-state index is -3.62. The molecule has 2 N–H and O–H groups in total. The highest BCUT2D eigenvalue weighted by Crippen LogP contribution is 2.47. The number of nitrogens with one attached hydrogen (secondary N) is 1. The molecule has 2 amide bonds. The lowest BCUT2D eigenvalue weighted by atomic mass is 9.98. The number of fused-ring (bicyclic) bond motifs is 1. The number of β-lactam (4-membered cyclic amide) rings is 1. The summed E-state index contributed by atoms with van der Waals surface area (Å²) in [6.45, 7) is 1.81. The van der Waals surface area contributed by atoms with Gasteiger partial charge < -0.3 is 15.2 Å². The number of aliphatic carboxylic acids is 1. The second-order valence-corrected chi connectivity index (χ2v) is 12.1. The molecule has 0 aromatic carbocycles. The van der Waals surface area contributed by atoms with Crippen LogP contribution in [0.5, 0.6) is 0 Å². The van der Waals surface area contributed by atoms with Crippen molar-refractivity contribution >= 4 is 62.5 Å². The number of carboxylic acids is 1. The van der Waals surface area contributed by atoms with Gasteiger partial charge in [0.05, 0.1) is 0 Å². The summed E-state index contributed by atoms with van der Waals surface area (Å²) in [5, 5.41) is 19.9. The van der Waals surface area contributed by atoms with E-state index in [0.717, 1.165) is 16.2 Å². The van der Waals surface area contributed by atoms with Crippen molar-refractivity contribution in [3.8, 4) is 0 Å². The summed E-state index contributed by atoms with van der Waals surface area (Å²) >= 11 is 3.93. The molecule has 2 aliphatic rings. The van der Waals surface area contributed by atoms with E-state index >= 15 is 0 Å². The molecular formula is C15H18N4O7S4. The molecule has 1 saturated heterocycles. The highest BCUT2D eigenvalue weighted by Gasteiger charge is 2.66. The molecule has 0 spiro atoms. The minimum Gasteiger partial charge on any atom is -0.477 e. The highest BCUT2D eigenvalue weighted by atomic mass is 32.2. The van der Waals surface area contributed by atoms with Crippen molar-refractivity contribution in [2.45, 2.75) is 22.4 Å². The lowest BCUT2D eigenvalue weighted by Crippen LogP contribution is -2.81. The summed E-state index contributed by atoms with van der Waals surface area (Å²) in [5.41, 5.74) is -1.45. The van der Waals surface area contributed by atoms with E-state index in [-0.39, 0.29) is 11.4 Å². The molecule has 3 rings (SSSR count). The Kier molecular flexibility index (Phi) is 6.48. The van der Waals surface area contributed by atoms with E-state index in [1.807, 2.05) is 6.92 Å². The van der Waals surface area contributed by atoms with Crippen LogP contribution in [0.3, 0.4) is 0 Å². The van der Waals surface area contributed by atoms with Gasteiger partial charge in [0.15, 0.2) is 14.2 Å². The molecule has 2 aliphatic heterocycles. The Morgan fingerprint density at radius 3 is 2.67 bits per heavy atom. The number of carbonyl (C=O) groups is 3. The van der Waals surface area contributed by atoms with Gasteiger partial charge in [-0.1, -0.05) is 23.1 Å². The first-order valence-corrected chi connectivity index (χ1v) is 13.3. The van der Waals surface area contributed by atoms with Gasteiger partial charge in [-0.05, 0) is 12.5 Å². The molecule has 1 aromatic heterocycles. The molecule has 1 aromatic rings. The number of methoxy groups -OCH3 is 1. The van der Waals surface area contributed by atoms with Crippen molar-refractivity contribution in [1.29, 1.82) is 0 Å². The fraction of sp³-hybridized carbons (Fsp3) is 0.533. The molecule has 164 valence electrons. The average Bonchev–Trinajstić information content (AvgIpc) is 3.06. The van der Waals surface area contributed by atoms with Crippen LogP contribution in [0.25, 0.3) is 0 Å². The second kappa shape index (κ2) is 8.45. The fourth-order valence-electron chi connectivity index (χ4n) is 3.02. The number of sulfone groups is 1. The lowest BCUT2D eigenvalue weighted by molar-refractivity contribution is -0.192. The zero-order valence-electron chi connectivity index (χ0n) is 16.1. The molecule has 0 bridgehead atoms. The molecule has 3 heterocycles. The summed E-state index contributed by atoms with van der Waals surface area (Å²) in [6.07, 6.45) is 0.894. The minimum absolute atomic E-state index is 0.164. The molecule has 0 aliphatic carbocycles. The van der Waals surface area contributed by atoms with Gasteiger partial charge in [0.1, 0.15) is 21.8 Å². The van der Waals surface area contributed by atoms with E-state index in [0.29, 0.717) is 15.7 Å². The Balaban J connectivity index is 1.82. The van der Waals surface area contributed by atoms with E-state index in [4.69, 9.17) is 4.74 Å². The predicted octanol–water partition coefficient (Wildman–Crippen LogP) is -0.304. The third-order valence-corrected chi connectivity index (χ3v) is 8.45. The molecule has 2 atom stereocenters. The smallest absolute Gasteiger partial charge is 0.352 e. The maximum atomic E-state index is 12.9. The van der Waals surface area contributed by atoms with E-state index in [1.54, 1.807) is 0 Å². The van der Waals surface area contributed by atoms with Gasteiger partial charge in [0.25, 0.3) is 11.6 Å². The zero-order valence-corrected chi connectivity index (χ0v) is 19.3. The summed E-state index contributed by atoms with van der Waals surface area (Å²) in [7, 11) is -2.42. The van der Waals surface area contributed by atoms with Gasteiger partial charge in [-0.3, -0.25) is 14.5 Å². The summed E-state index contributed by atoms with van der Waals surface area (Å²) in [5.74, 6) is -3.16. The van der Waals surface area contributed by atoms with Crippen LogP contribution < -0.4 is 5.32 Å². The van der Waals surface area contributed by atoms with Gasteiger partial charge >= 0.3 is 5.97 Å². The summed E-state index contributed by atoms with van der Waals surface area (Å²) in [6, 6.07) is 0. The van der Waals surface area contributed by atoms with Gasteiger partial charge in [0, 0.05) is 24.9 Å². The van der Waals surface area contributed by atoms with Crippen LogP contribution in [-0.4, -0.2) is 88.1 Å². The predicted molar refractivity (Wildman–Crippen MR) is 111 cm³/mol. The lowest BCUT2D eigenvalue weighted by Gasteiger charge is -2.55. The maximum Gasteiger partial charge on any atom is 0.352 e. The van der Waals surface area contributed by atoms with Crippen molar-refractivity contribution in [3.05, 3.63) is 16.3 Å². The number of hydrogen-bond acceptors (Lipinski definition) is 11. The number of aryl methyl sites for hydroxylation is 1. The number of thioether (sulfide) groups is 2. The summed E-state index contributed by atoms with van der Waals surface area (Å²) < 4.78 is 28.7. The van der Waals surface area contributed by atoms with Crippen LogP contribution >= 0.6 is 34.9 Å². The largest absolute Gasteiger partial charge is 0.477 e. The number of ether oxygens (including phenoxy) is 1. The molecular weight excluding hydrogens is 476 g/mol. The van der Waals surface area contributed by atoms with Gasteiger partial charge in [0.2, 0.25) is 5.91 Å². The normalized spacial score (nSPS) is 23.8. The van der Waals surface area contributed by atoms with Crippen LogP contribution in [-0.2, 0) is 29.0 Å². The Labute approximate surface area is 184 Å². The topological polar surface area (TPSA) is 156 Å². The quantitative estimate of drug-likeness (QED) is 0.278. The highest BCUT2D eigenvalue weighted by molar-refractivity contribution is 8.01. The summed E-state index contributed by atoms with van der Waals surface area (Å²) in [4.78, 5) is 38.0. The van der Waals surface area contributed by atoms with Crippen molar-refractivity contribution < 1.29 is 32.6 Å².